The number of likely N-dealkylation sites (tertiary alicyclic amines) is 1. The summed E-state index contributed by atoms with van der Waals surface area (Å²) < 4.78 is 2.38. The van der Waals surface area contributed by atoms with Crippen LogP contribution in [-0.4, -0.2) is 43.6 Å². The number of aryl methyl sites for hydroxylation is 2. The van der Waals surface area contributed by atoms with Crippen LogP contribution in [0.3, 0.4) is 0 Å². The van der Waals surface area contributed by atoms with E-state index in [-0.39, 0.29) is 5.91 Å². The Balaban J connectivity index is 1.46. The van der Waals surface area contributed by atoms with Gasteiger partial charge in [0.1, 0.15) is 16.7 Å². The zero-order chi connectivity index (χ0) is 20.2. The Hall–Kier alpha value is -2.24. The van der Waals surface area contributed by atoms with Gasteiger partial charge in [0.2, 0.25) is 5.91 Å². The third kappa shape index (κ3) is 4.68. The summed E-state index contributed by atoms with van der Waals surface area (Å²) in [6.07, 6.45) is 7.08. The van der Waals surface area contributed by atoms with Crippen molar-refractivity contribution in [3.05, 3.63) is 27.2 Å². The van der Waals surface area contributed by atoms with Crippen molar-refractivity contribution in [1.82, 2.24) is 30.0 Å². The van der Waals surface area contributed by atoms with Gasteiger partial charge in [0.25, 0.3) is 0 Å². The van der Waals surface area contributed by atoms with Gasteiger partial charge in [-0.05, 0) is 39.2 Å². The van der Waals surface area contributed by atoms with Crippen molar-refractivity contribution in [2.24, 2.45) is 0 Å². The molecule has 4 rings (SSSR count). The molecule has 0 unspecified atom stereocenters. The second-order valence-electron chi connectivity index (χ2n) is 7.80. The van der Waals surface area contributed by atoms with Crippen LogP contribution in [0, 0.1) is 18.8 Å². The van der Waals surface area contributed by atoms with E-state index in [1.165, 1.54) is 32.6 Å². The summed E-state index contributed by atoms with van der Waals surface area (Å²) in [6.45, 7) is 6.81. The monoisotopic (exact) mass is 412 g/mol. The summed E-state index contributed by atoms with van der Waals surface area (Å²) in [5.74, 6) is 8.39. The largest absolute Gasteiger partial charge is 0.345 e. The summed E-state index contributed by atoms with van der Waals surface area (Å²) in [5, 5.41) is 12.9. The number of fused-ring (bicyclic) bond motifs is 1. The number of aromatic nitrogens is 4. The number of rotatable bonds is 4. The average molecular weight is 413 g/mol. The van der Waals surface area contributed by atoms with Gasteiger partial charge in [-0.1, -0.05) is 18.3 Å². The number of carbonyl (C=O) groups is 1. The topological polar surface area (TPSA) is 75.9 Å². The van der Waals surface area contributed by atoms with Gasteiger partial charge in [-0.15, -0.1) is 21.5 Å². The van der Waals surface area contributed by atoms with Gasteiger partial charge in [-0.3, -0.25) is 9.69 Å². The fraction of sp³-hybridized carbons (Fsp3) is 0.619. The molecule has 0 aliphatic carbocycles. The number of nitrogens with one attached hydrogen (secondary N) is 1. The maximum absolute atomic E-state index is 11.0. The van der Waals surface area contributed by atoms with Crippen molar-refractivity contribution >= 4 is 17.2 Å². The summed E-state index contributed by atoms with van der Waals surface area (Å²) in [7, 11) is 0. The minimum absolute atomic E-state index is 0.0625. The van der Waals surface area contributed by atoms with E-state index in [2.05, 4.69) is 36.8 Å². The maximum Gasteiger partial charge on any atom is 0.217 e. The Kier molecular flexibility index (Phi) is 6.26. The van der Waals surface area contributed by atoms with E-state index in [4.69, 9.17) is 4.98 Å². The van der Waals surface area contributed by atoms with Crippen LogP contribution in [0.25, 0.3) is 0 Å². The second-order valence-corrected chi connectivity index (χ2v) is 8.88. The molecule has 2 aromatic rings. The molecule has 2 aliphatic rings. The molecule has 8 heteroatoms. The van der Waals surface area contributed by atoms with Crippen LogP contribution in [0.4, 0.5) is 0 Å². The lowest BCUT2D eigenvalue weighted by Gasteiger charge is -2.23. The summed E-state index contributed by atoms with van der Waals surface area (Å²) in [4.78, 5) is 19.2. The smallest absolute Gasteiger partial charge is 0.217 e. The summed E-state index contributed by atoms with van der Waals surface area (Å²) >= 11 is 1.65. The summed E-state index contributed by atoms with van der Waals surface area (Å²) in [6, 6.07) is 0.327. The van der Waals surface area contributed by atoms with Crippen LogP contribution in [0.15, 0.2) is 0 Å². The number of nitrogens with zero attached hydrogens (tertiary/aromatic N) is 5. The van der Waals surface area contributed by atoms with Gasteiger partial charge in [0.05, 0.1) is 29.7 Å². The molecule has 0 radical (unpaired) electrons. The number of hydrogen-bond acceptors (Lipinski definition) is 6. The van der Waals surface area contributed by atoms with E-state index in [0.717, 1.165) is 59.7 Å². The first-order valence-corrected chi connectivity index (χ1v) is 11.3. The number of thiazole rings is 1. The predicted molar refractivity (Wildman–Crippen MR) is 112 cm³/mol. The van der Waals surface area contributed by atoms with Crippen LogP contribution in [0.2, 0.25) is 0 Å². The molecule has 2 aliphatic heterocycles. The third-order valence-corrected chi connectivity index (χ3v) is 6.66. The minimum atomic E-state index is -0.0625. The van der Waals surface area contributed by atoms with Gasteiger partial charge in [-0.25, -0.2) is 4.98 Å². The lowest BCUT2D eigenvalue weighted by Crippen LogP contribution is -2.25. The molecule has 1 atom stereocenters. The van der Waals surface area contributed by atoms with Crippen LogP contribution in [-0.2, 0) is 24.3 Å². The van der Waals surface area contributed by atoms with E-state index in [0.29, 0.717) is 12.6 Å². The molecule has 0 aromatic carbocycles. The maximum atomic E-state index is 11.0. The van der Waals surface area contributed by atoms with Gasteiger partial charge < -0.3 is 9.88 Å². The first kappa shape index (κ1) is 20.0. The average Bonchev–Trinajstić information content (AvgIpc) is 3.34. The van der Waals surface area contributed by atoms with Gasteiger partial charge in [0.15, 0.2) is 0 Å². The van der Waals surface area contributed by atoms with Crippen molar-refractivity contribution in [1.29, 1.82) is 0 Å². The fourth-order valence-electron chi connectivity index (χ4n) is 4.16. The van der Waals surface area contributed by atoms with Crippen LogP contribution >= 0.6 is 11.3 Å². The highest BCUT2D eigenvalue weighted by molar-refractivity contribution is 7.12. The van der Waals surface area contributed by atoms with E-state index in [1.54, 1.807) is 11.3 Å². The molecule has 29 heavy (non-hydrogen) atoms. The zero-order valence-electron chi connectivity index (χ0n) is 17.2. The highest BCUT2D eigenvalue weighted by atomic mass is 32.1. The molecule has 1 fully saturated rings. The number of hydrogen-bond donors (Lipinski definition) is 1. The van der Waals surface area contributed by atoms with Gasteiger partial charge in [0, 0.05) is 19.9 Å². The van der Waals surface area contributed by atoms with Crippen molar-refractivity contribution in [2.45, 2.75) is 71.5 Å². The Morgan fingerprint density at radius 1 is 1.24 bits per heavy atom. The van der Waals surface area contributed by atoms with E-state index in [1.807, 2.05) is 6.92 Å². The fourth-order valence-corrected chi connectivity index (χ4v) is 5.13. The molecule has 7 nitrogen and oxygen atoms in total. The van der Waals surface area contributed by atoms with Crippen molar-refractivity contribution < 1.29 is 4.79 Å². The third-order valence-electron chi connectivity index (χ3n) is 5.61. The van der Waals surface area contributed by atoms with Crippen LogP contribution in [0.1, 0.15) is 72.3 Å². The molecule has 0 bridgehead atoms. The Labute approximate surface area is 175 Å². The lowest BCUT2D eigenvalue weighted by atomic mass is 10.2. The molecule has 1 N–H and O–H groups in total. The molecule has 1 saturated heterocycles. The van der Waals surface area contributed by atoms with Crippen molar-refractivity contribution in [3.63, 3.8) is 0 Å². The highest BCUT2D eigenvalue weighted by Crippen LogP contribution is 2.34. The molecular formula is C21H28N6OS. The quantitative estimate of drug-likeness (QED) is 0.781. The standard InChI is InChI=1S/C21H28N6OS/c1-15-18(9-6-11-22-16(2)28)29-20(23-15)14-26-12-7-8-17(26)21-25-24-19-10-4-3-5-13-27(19)21/h17H,3-5,7-8,10-14H2,1-2H3,(H,22,28)/t17-/m0/s1. The lowest BCUT2D eigenvalue weighted by molar-refractivity contribution is -0.118. The molecule has 2 aromatic heterocycles. The van der Waals surface area contributed by atoms with Gasteiger partial charge >= 0.3 is 0 Å². The van der Waals surface area contributed by atoms with E-state index >= 15 is 0 Å². The highest BCUT2D eigenvalue weighted by Gasteiger charge is 2.32. The SMILES string of the molecule is CC(=O)NCC#Cc1sc(CN2CCC[C@H]2c2nnc3n2CCCCC3)nc1C. The van der Waals surface area contributed by atoms with E-state index in [9.17, 15) is 4.79 Å². The van der Waals surface area contributed by atoms with Crippen LogP contribution < -0.4 is 5.32 Å². The summed E-state index contributed by atoms with van der Waals surface area (Å²) in [5.41, 5.74) is 0.965. The van der Waals surface area contributed by atoms with Crippen molar-refractivity contribution in [3.8, 4) is 11.8 Å². The predicted octanol–water partition coefficient (Wildman–Crippen LogP) is 2.59. The number of amides is 1. The molecule has 154 valence electrons. The molecular weight excluding hydrogens is 384 g/mol. The van der Waals surface area contributed by atoms with Gasteiger partial charge in [-0.2, -0.15) is 0 Å². The molecule has 1 amide bonds. The Bertz CT molecular complexity index is 937. The van der Waals surface area contributed by atoms with Crippen LogP contribution in [0.5, 0.6) is 0 Å². The Morgan fingerprint density at radius 3 is 3.00 bits per heavy atom. The number of carbonyl (C=O) groups excluding carboxylic acids is 1. The Morgan fingerprint density at radius 2 is 2.14 bits per heavy atom. The normalized spacial score (nSPS) is 19.3. The zero-order valence-corrected chi connectivity index (χ0v) is 18.0. The first-order chi connectivity index (χ1) is 14.1. The minimum Gasteiger partial charge on any atom is -0.345 e. The molecule has 4 heterocycles. The second kappa shape index (κ2) is 9.06. The van der Waals surface area contributed by atoms with E-state index < -0.39 is 0 Å². The van der Waals surface area contributed by atoms with Crippen molar-refractivity contribution in [2.75, 3.05) is 13.1 Å². The molecule has 0 saturated carbocycles. The molecule has 0 spiro atoms. The first-order valence-electron chi connectivity index (χ1n) is 10.5.